The van der Waals surface area contributed by atoms with E-state index >= 15 is 0 Å². The van der Waals surface area contributed by atoms with Gasteiger partial charge in [0.2, 0.25) is 0 Å². The predicted molar refractivity (Wildman–Crippen MR) is 126 cm³/mol. The molecule has 31 heavy (non-hydrogen) atoms. The summed E-state index contributed by atoms with van der Waals surface area (Å²) in [5.74, 6) is 0.839. The Morgan fingerprint density at radius 1 is 1.19 bits per heavy atom. The van der Waals surface area contributed by atoms with Gasteiger partial charge < -0.3 is 19.5 Å². The largest absolute Gasteiger partial charge is 0.494 e. The summed E-state index contributed by atoms with van der Waals surface area (Å²) in [5, 5.41) is 3.14. The molecule has 0 radical (unpaired) electrons. The minimum absolute atomic E-state index is 0.0741. The van der Waals surface area contributed by atoms with Crippen LogP contribution < -0.4 is 10.1 Å². The molecular weight excluding hydrogens is 456 g/mol. The van der Waals surface area contributed by atoms with Gasteiger partial charge >= 0.3 is 6.03 Å². The van der Waals surface area contributed by atoms with Crippen LogP contribution >= 0.6 is 15.9 Å². The minimum Gasteiger partial charge on any atom is -0.494 e. The first-order valence-electron chi connectivity index (χ1n) is 10.5. The molecule has 3 aromatic rings. The topological polar surface area (TPSA) is 59.4 Å². The van der Waals surface area contributed by atoms with Gasteiger partial charge in [0.15, 0.2) is 0 Å². The molecular formula is C24H29BrN4O2. The van der Waals surface area contributed by atoms with Crippen LogP contribution in [0.1, 0.15) is 37.4 Å². The summed E-state index contributed by atoms with van der Waals surface area (Å²) in [6.07, 6.45) is 6.34. The van der Waals surface area contributed by atoms with Gasteiger partial charge in [-0.15, -0.1) is 0 Å². The third kappa shape index (κ3) is 7.14. The zero-order chi connectivity index (χ0) is 22.1. The molecule has 3 rings (SSSR count). The van der Waals surface area contributed by atoms with Crippen LogP contribution in [0, 0.1) is 0 Å². The molecule has 2 amide bonds. The fourth-order valence-electron chi connectivity index (χ4n) is 3.30. The summed E-state index contributed by atoms with van der Waals surface area (Å²) in [5.41, 5.74) is 2.13. The standard InChI is InChI=1S/C24H29BrN4O2/c1-3-31-23-11-5-20(6-12-23)17-29(15-4-14-28-16-13-26-18-28)24(30)27-19(2)21-7-9-22(25)10-8-21/h5-13,16,18-19H,3-4,14-15,17H2,1-2H3,(H,27,30). The Balaban J connectivity index is 1.65. The number of hydrogen-bond acceptors (Lipinski definition) is 3. The Labute approximate surface area is 192 Å². The quantitative estimate of drug-likeness (QED) is 0.418. The molecule has 0 spiro atoms. The van der Waals surface area contributed by atoms with E-state index in [2.05, 4.69) is 26.2 Å². The van der Waals surface area contributed by atoms with Crippen molar-refractivity contribution in [2.45, 2.75) is 39.4 Å². The number of nitrogens with zero attached hydrogens (tertiary/aromatic N) is 3. The Hall–Kier alpha value is -2.80. The average Bonchev–Trinajstić information content (AvgIpc) is 3.28. The van der Waals surface area contributed by atoms with Crippen LogP contribution in [0.4, 0.5) is 4.79 Å². The first kappa shape index (κ1) is 22.9. The molecule has 1 heterocycles. The number of benzene rings is 2. The Kier molecular flexibility index (Phi) is 8.53. The highest BCUT2D eigenvalue weighted by atomic mass is 79.9. The van der Waals surface area contributed by atoms with E-state index in [0.29, 0.717) is 19.7 Å². The average molecular weight is 485 g/mol. The zero-order valence-electron chi connectivity index (χ0n) is 18.0. The molecule has 0 aliphatic heterocycles. The van der Waals surface area contributed by atoms with Gasteiger partial charge in [-0.25, -0.2) is 9.78 Å². The summed E-state index contributed by atoms with van der Waals surface area (Å²) in [6.45, 7) is 6.60. The molecule has 0 aliphatic carbocycles. The third-order valence-corrected chi connectivity index (χ3v) is 5.54. The molecule has 0 bridgehead atoms. The maximum atomic E-state index is 13.1. The highest BCUT2D eigenvalue weighted by molar-refractivity contribution is 9.10. The number of nitrogens with one attached hydrogen (secondary N) is 1. The Bertz CT molecular complexity index is 927. The van der Waals surface area contributed by atoms with Gasteiger partial charge in [0.25, 0.3) is 0 Å². The van der Waals surface area contributed by atoms with Crippen molar-refractivity contribution in [2.75, 3.05) is 13.2 Å². The van der Waals surface area contributed by atoms with Crippen LogP contribution in [0.2, 0.25) is 0 Å². The van der Waals surface area contributed by atoms with E-state index in [1.165, 1.54) is 0 Å². The van der Waals surface area contributed by atoms with Crippen molar-refractivity contribution >= 4 is 22.0 Å². The second-order valence-electron chi connectivity index (χ2n) is 7.38. The lowest BCUT2D eigenvalue weighted by Gasteiger charge is -2.26. The van der Waals surface area contributed by atoms with Gasteiger partial charge in [-0.3, -0.25) is 0 Å². The number of hydrogen-bond donors (Lipinski definition) is 1. The van der Waals surface area contributed by atoms with E-state index in [1.54, 1.807) is 12.5 Å². The highest BCUT2D eigenvalue weighted by Crippen LogP contribution is 2.18. The van der Waals surface area contributed by atoms with Crippen molar-refractivity contribution in [3.8, 4) is 5.75 Å². The lowest BCUT2D eigenvalue weighted by atomic mass is 10.1. The second kappa shape index (κ2) is 11.6. The Morgan fingerprint density at radius 3 is 2.58 bits per heavy atom. The van der Waals surface area contributed by atoms with Crippen molar-refractivity contribution in [1.82, 2.24) is 19.8 Å². The molecule has 7 heteroatoms. The first-order valence-corrected chi connectivity index (χ1v) is 11.3. The van der Waals surface area contributed by atoms with Crippen LogP contribution in [-0.4, -0.2) is 33.6 Å². The normalized spacial score (nSPS) is 11.7. The fraction of sp³-hybridized carbons (Fsp3) is 0.333. The number of carbonyl (C=O) groups excluding carboxylic acids is 1. The minimum atomic E-state index is -0.0860. The maximum Gasteiger partial charge on any atom is 0.318 e. The summed E-state index contributed by atoms with van der Waals surface area (Å²) in [4.78, 5) is 19.1. The second-order valence-corrected chi connectivity index (χ2v) is 8.29. The number of halogens is 1. The smallest absolute Gasteiger partial charge is 0.318 e. The highest BCUT2D eigenvalue weighted by Gasteiger charge is 2.17. The molecule has 1 unspecified atom stereocenters. The van der Waals surface area contributed by atoms with Crippen LogP contribution in [0.3, 0.4) is 0 Å². The molecule has 0 aliphatic rings. The number of amides is 2. The van der Waals surface area contributed by atoms with E-state index in [0.717, 1.165) is 34.3 Å². The van der Waals surface area contributed by atoms with E-state index in [9.17, 15) is 4.79 Å². The fourth-order valence-corrected chi connectivity index (χ4v) is 3.57. The van der Waals surface area contributed by atoms with Crippen LogP contribution in [0.5, 0.6) is 5.75 Å². The first-order chi connectivity index (χ1) is 15.0. The van der Waals surface area contributed by atoms with E-state index in [4.69, 9.17) is 4.74 Å². The van der Waals surface area contributed by atoms with Gasteiger partial charge in [0.1, 0.15) is 5.75 Å². The van der Waals surface area contributed by atoms with E-state index in [1.807, 2.05) is 78.0 Å². The summed E-state index contributed by atoms with van der Waals surface area (Å²) < 4.78 is 8.57. The van der Waals surface area contributed by atoms with Crippen LogP contribution in [0.25, 0.3) is 0 Å². The zero-order valence-corrected chi connectivity index (χ0v) is 19.6. The van der Waals surface area contributed by atoms with Crippen molar-refractivity contribution in [1.29, 1.82) is 0 Å². The molecule has 2 aromatic carbocycles. The molecule has 6 nitrogen and oxygen atoms in total. The van der Waals surface area contributed by atoms with Gasteiger partial charge in [-0.2, -0.15) is 0 Å². The maximum absolute atomic E-state index is 13.1. The van der Waals surface area contributed by atoms with Crippen molar-refractivity contribution in [3.05, 3.63) is 82.9 Å². The van der Waals surface area contributed by atoms with Gasteiger partial charge in [0.05, 0.1) is 19.0 Å². The SMILES string of the molecule is CCOc1ccc(CN(CCCn2ccnc2)C(=O)NC(C)c2ccc(Br)cc2)cc1. The Morgan fingerprint density at radius 2 is 1.94 bits per heavy atom. The number of urea groups is 1. The number of rotatable bonds is 10. The molecule has 0 fully saturated rings. The molecule has 1 aromatic heterocycles. The summed E-state index contributed by atoms with van der Waals surface area (Å²) in [6, 6.07) is 15.8. The molecule has 164 valence electrons. The summed E-state index contributed by atoms with van der Waals surface area (Å²) >= 11 is 3.45. The monoisotopic (exact) mass is 484 g/mol. The van der Waals surface area contributed by atoms with Crippen molar-refractivity contribution in [3.63, 3.8) is 0 Å². The lowest BCUT2D eigenvalue weighted by molar-refractivity contribution is 0.190. The molecule has 0 saturated heterocycles. The van der Waals surface area contributed by atoms with Crippen LogP contribution in [0.15, 0.2) is 71.7 Å². The predicted octanol–water partition coefficient (Wildman–Crippen LogP) is 5.41. The molecule has 1 N–H and O–H groups in total. The van der Waals surface area contributed by atoms with Gasteiger partial charge in [-0.05, 0) is 55.7 Å². The summed E-state index contributed by atoms with van der Waals surface area (Å²) in [7, 11) is 0. The van der Waals surface area contributed by atoms with Gasteiger partial charge in [0, 0.05) is 36.5 Å². The number of aromatic nitrogens is 2. The number of imidazole rings is 1. The third-order valence-electron chi connectivity index (χ3n) is 5.01. The number of ether oxygens (including phenoxy) is 1. The molecule has 0 saturated carbocycles. The number of carbonyl (C=O) groups is 1. The lowest BCUT2D eigenvalue weighted by Crippen LogP contribution is -2.41. The van der Waals surface area contributed by atoms with Crippen LogP contribution in [-0.2, 0) is 13.1 Å². The van der Waals surface area contributed by atoms with E-state index in [-0.39, 0.29) is 12.1 Å². The van der Waals surface area contributed by atoms with Crippen molar-refractivity contribution in [2.24, 2.45) is 0 Å². The van der Waals surface area contributed by atoms with Crippen molar-refractivity contribution < 1.29 is 9.53 Å². The number of aryl methyl sites for hydroxylation is 1. The van der Waals surface area contributed by atoms with E-state index < -0.39 is 0 Å². The molecule has 1 atom stereocenters. The van der Waals surface area contributed by atoms with Gasteiger partial charge in [-0.1, -0.05) is 40.2 Å².